The van der Waals surface area contributed by atoms with Gasteiger partial charge in [0.25, 0.3) is 0 Å². The van der Waals surface area contributed by atoms with Crippen LogP contribution in [-0.4, -0.2) is 11.6 Å². The summed E-state index contributed by atoms with van der Waals surface area (Å²) in [5.41, 5.74) is 5.42. The second-order valence-electron chi connectivity index (χ2n) is 5.08. The molecule has 2 aromatic rings. The number of nitrogens with one attached hydrogen (secondary N) is 1. The SMILES string of the molecule is O=C(NN=C(c1ccccc1)c1ccc(Br)cc1)C1CC1. The first-order valence-corrected chi connectivity index (χ1v) is 7.72. The predicted octanol–water partition coefficient (Wildman–Crippen LogP) is 3.73. The average molecular weight is 343 g/mol. The molecule has 0 saturated heterocycles. The Bertz CT molecular complexity index is 661. The molecule has 21 heavy (non-hydrogen) atoms. The van der Waals surface area contributed by atoms with E-state index in [0.717, 1.165) is 34.2 Å². The number of hydrogen-bond acceptors (Lipinski definition) is 2. The molecule has 0 aromatic heterocycles. The molecular weight excluding hydrogens is 328 g/mol. The molecule has 1 N–H and O–H groups in total. The van der Waals surface area contributed by atoms with E-state index in [4.69, 9.17) is 0 Å². The molecule has 1 saturated carbocycles. The molecule has 0 atom stereocenters. The van der Waals surface area contributed by atoms with Crippen molar-refractivity contribution in [2.75, 3.05) is 0 Å². The third kappa shape index (κ3) is 3.58. The fourth-order valence-electron chi connectivity index (χ4n) is 2.05. The van der Waals surface area contributed by atoms with Crippen molar-refractivity contribution in [1.29, 1.82) is 0 Å². The van der Waals surface area contributed by atoms with Gasteiger partial charge in [-0.15, -0.1) is 0 Å². The van der Waals surface area contributed by atoms with E-state index >= 15 is 0 Å². The van der Waals surface area contributed by atoms with E-state index in [2.05, 4.69) is 26.5 Å². The number of carbonyl (C=O) groups is 1. The van der Waals surface area contributed by atoms with Crippen LogP contribution in [0, 0.1) is 5.92 Å². The van der Waals surface area contributed by atoms with E-state index in [1.54, 1.807) is 0 Å². The molecule has 0 aliphatic heterocycles. The molecule has 1 aliphatic carbocycles. The Morgan fingerprint density at radius 2 is 1.62 bits per heavy atom. The standard InChI is InChI=1S/C17H15BrN2O/c18-15-10-8-13(9-11-15)16(12-4-2-1-3-5-12)19-20-17(21)14-6-7-14/h1-5,8-11,14H,6-7H2,(H,20,21). The summed E-state index contributed by atoms with van der Waals surface area (Å²) in [7, 11) is 0. The molecule has 0 heterocycles. The van der Waals surface area contributed by atoms with E-state index in [1.165, 1.54) is 0 Å². The zero-order chi connectivity index (χ0) is 14.7. The van der Waals surface area contributed by atoms with Gasteiger partial charge in [-0.2, -0.15) is 5.10 Å². The summed E-state index contributed by atoms with van der Waals surface area (Å²) in [6, 6.07) is 17.8. The van der Waals surface area contributed by atoms with E-state index in [1.807, 2.05) is 54.6 Å². The Morgan fingerprint density at radius 3 is 2.24 bits per heavy atom. The summed E-state index contributed by atoms with van der Waals surface area (Å²) in [5.74, 6) is 0.163. The van der Waals surface area contributed by atoms with E-state index in [9.17, 15) is 4.79 Å². The molecule has 3 rings (SSSR count). The first-order valence-electron chi connectivity index (χ1n) is 6.93. The Kier molecular flexibility index (Phi) is 4.15. The maximum atomic E-state index is 11.8. The molecule has 1 aliphatic rings. The van der Waals surface area contributed by atoms with Crippen LogP contribution >= 0.6 is 15.9 Å². The van der Waals surface area contributed by atoms with Crippen molar-refractivity contribution in [3.63, 3.8) is 0 Å². The van der Waals surface area contributed by atoms with Crippen LogP contribution in [0.3, 0.4) is 0 Å². The highest BCUT2D eigenvalue weighted by Crippen LogP contribution is 2.28. The Labute approximate surface area is 132 Å². The molecule has 0 radical (unpaired) electrons. The highest BCUT2D eigenvalue weighted by atomic mass is 79.9. The number of carbonyl (C=O) groups excluding carboxylic acids is 1. The van der Waals surface area contributed by atoms with Gasteiger partial charge in [-0.3, -0.25) is 4.79 Å². The fraction of sp³-hybridized carbons (Fsp3) is 0.176. The molecule has 0 spiro atoms. The summed E-state index contributed by atoms with van der Waals surface area (Å²) in [4.78, 5) is 11.8. The number of rotatable bonds is 4. The Balaban J connectivity index is 1.92. The summed E-state index contributed by atoms with van der Waals surface area (Å²) in [5, 5.41) is 4.36. The van der Waals surface area contributed by atoms with Gasteiger partial charge in [-0.1, -0.05) is 58.4 Å². The van der Waals surface area contributed by atoms with Gasteiger partial charge in [0.2, 0.25) is 5.91 Å². The van der Waals surface area contributed by atoms with Crippen LogP contribution in [0.5, 0.6) is 0 Å². The molecule has 0 unspecified atom stereocenters. The lowest BCUT2D eigenvalue weighted by Gasteiger charge is -2.08. The summed E-state index contributed by atoms with van der Waals surface area (Å²) in [6.45, 7) is 0. The van der Waals surface area contributed by atoms with Gasteiger partial charge in [-0.05, 0) is 25.0 Å². The number of hydrogen-bond donors (Lipinski definition) is 1. The predicted molar refractivity (Wildman–Crippen MR) is 87.1 cm³/mol. The number of hydrazone groups is 1. The van der Waals surface area contributed by atoms with Crippen molar-refractivity contribution in [3.05, 3.63) is 70.2 Å². The molecule has 3 nitrogen and oxygen atoms in total. The average Bonchev–Trinajstić information content (AvgIpc) is 3.35. The molecule has 106 valence electrons. The van der Waals surface area contributed by atoms with Gasteiger partial charge in [0, 0.05) is 21.5 Å². The van der Waals surface area contributed by atoms with Crippen molar-refractivity contribution in [2.45, 2.75) is 12.8 Å². The van der Waals surface area contributed by atoms with Crippen molar-refractivity contribution in [2.24, 2.45) is 11.0 Å². The van der Waals surface area contributed by atoms with Crippen LogP contribution in [0.1, 0.15) is 24.0 Å². The van der Waals surface area contributed by atoms with Crippen molar-refractivity contribution >= 4 is 27.5 Å². The van der Waals surface area contributed by atoms with Gasteiger partial charge >= 0.3 is 0 Å². The zero-order valence-corrected chi connectivity index (χ0v) is 13.0. The lowest BCUT2D eigenvalue weighted by atomic mass is 10.0. The van der Waals surface area contributed by atoms with E-state index in [-0.39, 0.29) is 11.8 Å². The lowest BCUT2D eigenvalue weighted by molar-refractivity contribution is -0.122. The molecule has 1 amide bonds. The second-order valence-corrected chi connectivity index (χ2v) is 6.00. The highest BCUT2D eigenvalue weighted by molar-refractivity contribution is 9.10. The Hall–Kier alpha value is -1.94. The lowest BCUT2D eigenvalue weighted by Crippen LogP contribution is -2.21. The molecular formula is C17H15BrN2O. The maximum absolute atomic E-state index is 11.8. The van der Waals surface area contributed by atoms with Gasteiger partial charge in [0.05, 0.1) is 5.71 Å². The van der Waals surface area contributed by atoms with E-state index in [0.29, 0.717) is 0 Å². The molecule has 4 heteroatoms. The summed E-state index contributed by atoms with van der Waals surface area (Å²) in [6.07, 6.45) is 1.95. The first kappa shape index (κ1) is 14.0. The van der Waals surface area contributed by atoms with Gasteiger partial charge in [-0.25, -0.2) is 5.43 Å². The topological polar surface area (TPSA) is 41.5 Å². The van der Waals surface area contributed by atoms with Crippen LogP contribution in [0.2, 0.25) is 0 Å². The minimum Gasteiger partial charge on any atom is -0.273 e. The highest BCUT2D eigenvalue weighted by Gasteiger charge is 2.29. The number of halogens is 1. The third-order valence-corrected chi connectivity index (χ3v) is 3.92. The third-order valence-electron chi connectivity index (χ3n) is 3.39. The van der Waals surface area contributed by atoms with Crippen LogP contribution in [0.4, 0.5) is 0 Å². The van der Waals surface area contributed by atoms with Gasteiger partial charge in [0.1, 0.15) is 0 Å². The smallest absolute Gasteiger partial charge is 0.243 e. The Morgan fingerprint density at radius 1 is 1.00 bits per heavy atom. The monoisotopic (exact) mass is 342 g/mol. The quantitative estimate of drug-likeness (QED) is 0.667. The maximum Gasteiger partial charge on any atom is 0.243 e. The normalized spacial score (nSPS) is 14.8. The number of benzene rings is 2. The van der Waals surface area contributed by atoms with Crippen molar-refractivity contribution in [1.82, 2.24) is 5.43 Å². The number of amides is 1. The van der Waals surface area contributed by atoms with Crippen LogP contribution in [0.15, 0.2) is 64.2 Å². The molecule has 1 fully saturated rings. The zero-order valence-electron chi connectivity index (χ0n) is 11.4. The largest absolute Gasteiger partial charge is 0.273 e. The van der Waals surface area contributed by atoms with Crippen molar-refractivity contribution < 1.29 is 4.79 Å². The van der Waals surface area contributed by atoms with Crippen LogP contribution < -0.4 is 5.43 Å². The van der Waals surface area contributed by atoms with E-state index < -0.39 is 0 Å². The van der Waals surface area contributed by atoms with Crippen LogP contribution in [-0.2, 0) is 4.79 Å². The van der Waals surface area contributed by atoms with Crippen LogP contribution in [0.25, 0.3) is 0 Å². The molecule has 2 aromatic carbocycles. The summed E-state index contributed by atoms with van der Waals surface area (Å²) >= 11 is 3.43. The second kappa shape index (κ2) is 6.22. The minimum absolute atomic E-state index is 0.0144. The number of nitrogens with zero attached hydrogens (tertiary/aromatic N) is 1. The first-order chi connectivity index (χ1) is 10.2. The fourth-order valence-corrected chi connectivity index (χ4v) is 2.31. The van der Waals surface area contributed by atoms with Gasteiger partial charge in [0.15, 0.2) is 0 Å². The van der Waals surface area contributed by atoms with Gasteiger partial charge < -0.3 is 0 Å². The summed E-state index contributed by atoms with van der Waals surface area (Å²) < 4.78 is 1.01. The molecule has 0 bridgehead atoms. The minimum atomic E-state index is 0.0144. The van der Waals surface area contributed by atoms with Crippen molar-refractivity contribution in [3.8, 4) is 0 Å².